The highest BCUT2D eigenvalue weighted by molar-refractivity contribution is 5.55. The Kier molecular flexibility index (Phi) is 4.80. The summed E-state index contributed by atoms with van der Waals surface area (Å²) in [5, 5.41) is 0. The summed E-state index contributed by atoms with van der Waals surface area (Å²) in [5.41, 5.74) is 1.37. The molecule has 1 rings (SSSR count). The molecule has 84 valence electrons. The van der Waals surface area contributed by atoms with Crippen LogP contribution in [0.25, 0.3) is 0 Å². The maximum atomic E-state index is 11.0. The van der Waals surface area contributed by atoms with Gasteiger partial charge in [0.2, 0.25) is 0 Å². The van der Waals surface area contributed by atoms with E-state index in [-0.39, 0.29) is 5.92 Å². The van der Waals surface area contributed by atoms with Crippen LogP contribution in [0, 0.1) is 17.8 Å². The Morgan fingerprint density at radius 2 is 2.13 bits per heavy atom. The maximum Gasteiger partial charge on any atom is 0.123 e. The third-order valence-electron chi connectivity index (χ3n) is 3.11. The summed E-state index contributed by atoms with van der Waals surface area (Å²) < 4.78 is 0. The highest BCUT2D eigenvalue weighted by Gasteiger charge is 2.23. The maximum absolute atomic E-state index is 11.0. The summed E-state index contributed by atoms with van der Waals surface area (Å²) in [4.78, 5) is 11.0. The second-order valence-electron chi connectivity index (χ2n) is 4.92. The lowest BCUT2D eigenvalue weighted by Gasteiger charge is -2.26. The first-order valence-electron chi connectivity index (χ1n) is 5.90. The van der Waals surface area contributed by atoms with Gasteiger partial charge in [0.1, 0.15) is 6.29 Å². The molecular weight excluding hydrogens is 184 g/mol. The van der Waals surface area contributed by atoms with E-state index in [1.54, 1.807) is 0 Å². The van der Waals surface area contributed by atoms with Crippen LogP contribution in [0.3, 0.4) is 0 Å². The van der Waals surface area contributed by atoms with E-state index in [1.807, 2.05) is 0 Å². The topological polar surface area (TPSA) is 17.1 Å². The van der Waals surface area contributed by atoms with Gasteiger partial charge in [0.05, 0.1) is 0 Å². The van der Waals surface area contributed by atoms with E-state index < -0.39 is 0 Å². The number of aldehydes is 1. The van der Waals surface area contributed by atoms with Crippen LogP contribution in [0.4, 0.5) is 0 Å². The highest BCUT2D eigenvalue weighted by Crippen LogP contribution is 2.30. The normalized spacial score (nSPS) is 29.9. The summed E-state index contributed by atoms with van der Waals surface area (Å²) in [7, 11) is 0. The predicted octanol–water partition coefficient (Wildman–Crippen LogP) is 3.76. The van der Waals surface area contributed by atoms with Gasteiger partial charge in [-0.1, -0.05) is 30.7 Å². The molecule has 0 heterocycles. The molecule has 1 aliphatic rings. The SMILES string of the molecule is CC(C)=CCCC1C=CC(C)CC1C=O. The Morgan fingerprint density at radius 1 is 1.40 bits per heavy atom. The number of rotatable bonds is 4. The molecule has 1 aliphatic carbocycles. The van der Waals surface area contributed by atoms with Crippen LogP contribution in [-0.4, -0.2) is 6.29 Å². The van der Waals surface area contributed by atoms with Crippen molar-refractivity contribution in [3.63, 3.8) is 0 Å². The molecule has 0 saturated carbocycles. The molecule has 0 fully saturated rings. The predicted molar refractivity (Wildman–Crippen MR) is 64.6 cm³/mol. The van der Waals surface area contributed by atoms with Gasteiger partial charge in [0.15, 0.2) is 0 Å². The Bertz CT molecular complexity index is 259. The second-order valence-corrected chi connectivity index (χ2v) is 4.92. The van der Waals surface area contributed by atoms with Crippen LogP contribution in [-0.2, 0) is 4.79 Å². The lowest BCUT2D eigenvalue weighted by molar-refractivity contribution is -0.112. The second kappa shape index (κ2) is 5.89. The monoisotopic (exact) mass is 206 g/mol. The van der Waals surface area contributed by atoms with E-state index in [1.165, 1.54) is 5.57 Å². The molecule has 0 aromatic rings. The molecule has 15 heavy (non-hydrogen) atoms. The smallest absolute Gasteiger partial charge is 0.123 e. The zero-order valence-corrected chi connectivity index (χ0v) is 10.1. The Labute approximate surface area is 93.3 Å². The summed E-state index contributed by atoms with van der Waals surface area (Å²) in [6, 6.07) is 0. The third-order valence-corrected chi connectivity index (χ3v) is 3.11. The van der Waals surface area contributed by atoms with Gasteiger partial charge in [-0.15, -0.1) is 0 Å². The van der Waals surface area contributed by atoms with Crippen LogP contribution >= 0.6 is 0 Å². The molecule has 0 aromatic carbocycles. The fraction of sp³-hybridized carbons (Fsp3) is 0.643. The molecule has 0 aromatic heterocycles. The third kappa shape index (κ3) is 4.03. The van der Waals surface area contributed by atoms with E-state index in [0.29, 0.717) is 11.8 Å². The van der Waals surface area contributed by atoms with Crippen molar-refractivity contribution in [3.05, 3.63) is 23.8 Å². The van der Waals surface area contributed by atoms with E-state index in [4.69, 9.17) is 0 Å². The van der Waals surface area contributed by atoms with Gasteiger partial charge in [-0.3, -0.25) is 0 Å². The molecular formula is C14H22O. The molecule has 0 spiro atoms. The molecule has 1 heteroatoms. The average molecular weight is 206 g/mol. The number of hydrogen-bond acceptors (Lipinski definition) is 1. The summed E-state index contributed by atoms with van der Waals surface area (Å²) in [6.07, 6.45) is 11.1. The van der Waals surface area contributed by atoms with Crippen molar-refractivity contribution in [1.82, 2.24) is 0 Å². The molecule has 0 N–H and O–H groups in total. The van der Waals surface area contributed by atoms with Crippen LogP contribution < -0.4 is 0 Å². The average Bonchev–Trinajstić information content (AvgIpc) is 2.19. The first kappa shape index (κ1) is 12.2. The van der Waals surface area contributed by atoms with E-state index >= 15 is 0 Å². The molecule has 3 unspecified atom stereocenters. The molecule has 0 bridgehead atoms. The van der Waals surface area contributed by atoms with Crippen molar-refractivity contribution in [2.75, 3.05) is 0 Å². The summed E-state index contributed by atoms with van der Waals surface area (Å²) in [5.74, 6) is 1.28. The lowest BCUT2D eigenvalue weighted by atomic mass is 9.78. The molecule has 3 atom stereocenters. The minimum Gasteiger partial charge on any atom is -0.303 e. The fourth-order valence-electron chi connectivity index (χ4n) is 2.19. The first-order chi connectivity index (χ1) is 7.13. The Morgan fingerprint density at radius 3 is 2.73 bits per heavy atom. The zero-order chi connectivity index (χ0) is 11.3. The van der Waals surface area contributed by atoms with E-state index in [0.717, 1.165) is 25.5 Å². The van der Waals surface area contributed by atoms with Crippen molar-refractivity contribution in [2.45, 2.75) is 40.0 Å². The first-order valence-corrected chi connectivity index (χ1v) is 5.90. The van der Waals surface area contributed by atoms with Gasteiger partial charge in [-0.05, 0) is 44.9 Å². The van der Waals surface area contributed by atoms with Crippen molar-refractivity contribution < 1.29 is 4.79 Å². The van der Waals surface area contributed by atoms with Gasteiger partial charge in [0.25, 0.3) is 0 Å². The van der Waals surface area contributed by atoms with E-state index in [2.05, 4.69) is 39.0 Å². The summed E-state index contributed by atoms with van der Waals surface area (Å²) in [6.45, 7) is 6.42. The van der Waals surface area contributed by atoms with Gasteiger partial charge < -0.3 is 4.79 Å². The van der Waals surface area contributed by atoms with Crippen LogP contribution in [0.15, 0.2) is 23.8 Å². The van der Waals surface area contributed by atoms with Crippen molar-refractivity contribution in [2.24, 2.45) is 17.8 Å². The van der Waals surface area contributed by atoms with Crippen LogP contribution in [0.2, 0.25) is 0 Å². The molecule has 0 radical (unpaired) electrons. The van der Waals surface area contributed by atoms with Gasteiger partial charge in [-0.2, -0.15) is 0 Å². The van der Waals surface area contributed by atoms with Crippen LogP contribution in [0.1, 0.15) is 40.0 Å². The number of hydrogen-bond donors (Lipinski definition) is 0. The molecule has 0 amide bonds. The molecule has 0 saturated heterocycles. The standard InChI is InChI=1S/C14H22O/c1-11(2)5-4-6-13-8-7-12(3)9-14(13)10-15/h5,7-8,10,12-14H,4,6,9H2,1-3H3. The number of carbonyl (C=O) groups is 1. The van der Waals surface area contributed by atoms with Crippen molar-refractivity contribution >= 4 is 6.29 Å². The highest BCUT2D eigenvalue weighted by atomic mass is 16.1. The molecule has 0 aliphatic heterocycles. The van der Waals surface area contributed by atoms with Gasteiger partial charge in [-0.25, -0.2) is 0 Å². The number of allylic oxidation sites excluding steroid dienone is 4. The van der Waals surface area contributed by atoms with Crippen molar-refractivity contribution in [1.29, 1.82) is 0 Å². The Balaban J connectivity index is 2.48. The summed E-state index contributed by atoms with van der Waals surface area (Å²) >= 11 is 0. The number of carbonyl (C=O) groups excluding carboxylic acids is 1. The zero-order valence-electron chi connectivity index (χ0n) is 10.1. The fourth-order valence-corrected chi connectivity index (χ4v) is 2.19. The van der Waals surface area contributed by atoms with Crippen LogP contribution in [0.5, 0.6) is 0 Å². The largest absolute Gasteiger partial charge is 0.303 e. The van der Waals surface area contributed by atoms with Crippen molar-refractivity contribution in [3.8, 4) is 0 Å². The lowest BCUT2D eigenvalue weighted by Crippen LogP contribution is -2.20. The Hall–Kier alpha value is -0.850. The van der Waals surface area contributed by atoms with E-state index in [9.17, 15) is 4.79 Å². The quantitative estimate of drug-likeness (QED) is 0.505. The van der Waals surface area contributed by atoms with Gasteiger partial charge in [0, 0.05) is 5.92 Å². The minimum atomic E-state index is 0.246. The van der Waals surface area contributed by atoms with Gasteiger partial charge >= 0.3 is 0 Å². The molecule has 1 nitrogen and oxygen atoms in total. The minimum absolute atomic E-state index is 0.246.